The zero-order valence-corrected chi connectivity index (χ0v) is 19.3. The molecular formula is C26H28ClN3O3. The van der Waals surface area contributed by atoms with Gasteiger partial charge in [-0.3, -0.25) is 9.69 Å². The molecule has 0 saturated carbocycles. The fourth-order valence-corrected chi connectivity index (χ4v) is 5.01. The molecule has 2 fully saturated rings. The Bertz CT molecular complexity index is 1150. The molecular weight excluding hydrogens is 438 g/mol. The lowest BCUT2D eigenvalue weighted by atomic mass is 9.97. The molecule has 1 amide bonds. The van der Waals surface area contributed by atoms with Gasteiger partial charge in [0.15, 0.2) is 0 Å². The van der Waals surface area contributed by atoms with Crippen molar-refractivity contribution in [2.24, 2.45) is 0 Å². The molecule has 2 saturated heterocycles. The van der Waals surface area contributed by atoms with Gasteiger partial charge in [-0.15, -0.1) is 0 Å². The standard InChI is InChI=1S/C26H28ClN3O3/c27-23-7-3-4-8-24(23)29-11-9-28(10-12-29)18-22-20-6-2-1-5-19(20)17-21(25(22)31)26(32)30-13-15-33-16-14-30/h1-8,17,31H,9-16,18H2. The second kappa shape index (κ2) is 9.59. The SMILES string of the molecule is O=C(c1cc2ccccc2c(CN2CCN(c3ccccc3Cl)CC2)c1O)N1CCOCC1. The van der Waals surface area contributed by atoms with E-state index in [0.717, 1.165) is 53.2 Å². The molecule has 2 aliphatic heterocycles. The van der Waals surface area contributed by atoms with Crippen molar-refractivity contribution in [1.82, 2.24) is 9.80 Å². The van der Waals surface area contributed by atoms with Crippen molar-refractivity contribution >= 4 is 34.0 Å². The minimum atomic E-state index is -0.133. The Morgan fingerprint density at radius 2 is 1.64 bits per heavy atom. The highest BCUT2D eigenvalue weighted by atomic mass is 35.5. The molecule has 5 rings (SSSR count). The Balaban J connectivity index is 1.39. The molecule has 0 aromatic heterocycles. The highest BCUT2D eigenvalue weighted by molar-refractivity contribution is 6.33. The number of anilines is 1. The maximum Gasteiger partial charge on any atom is 0.257 e. The lowest BCUT2D eigenvalue weighted by Crippen LogP contribution is -2.46. The fraction of sp³-hybridized carbons (Fsp3) is 0.346. The van der Waals surface area contributed by atoms with E-state index >= 15 is 0 Å². The van der Waals surface area contributed by atoms with Gasteiger partial charge in [-0.1, -0.05) is 48.0 Å². The zero-order chi connectivity index (χ0) is 22.8. The molecule has 3 aromatic carbocycles. The van der Waals surface area contributed by atoms with E-state index in [4.69, 9.17) is 16.3 Å². The molecule has 0 radical (unpaired) electrons. The van der Waals surface area contributed by atoms with Crippen LogP contribution in [0.15, 0.2) is 54.6 Å². The van der Waals surface area contributed by atoms with Crippen LogP contribution >= 0.6 is 11.6 Å². The molecule has 7 heteroatoms. The largest absolute Gasteiger partial charge is 0.507 e. The van der Waals surface area contributed by atoms with Crippen molar-refractivity contribution in [2.45, 2.75) is 6.54 Å². The van der Waals surface area contributed by atoms with Gasteiger partial charge in [-0.25, -0.2) is 0 Å². The van der Waals surface area contributed by atoms with Crippen LogP contribution in [0.5, 0.6) is 5.75 Å². The van der Waals surface area contributed by atoms with Crippen molar-refractivity contribution in [3.63, 3.8) is 0 Å². The van der Waals surface area contributed by atoms with Crippen LogP contribution in [0.2, 0.25) is 5.02 Å². The molecule has 2 heterocycles. The quantitative estimate of drug-likeness (QED) is 0.631. The lowest BCUT2D eigenvalue weighted by molar-refractivity contribution is 0.0301. The average Bonchev–Trinajstić information content (AvgIpc) is 2.86. The summed E-state index contributed by atoms with van der Waals surface area (Å²) in [7, 11) is 0. The van der Waals surface area contributed by atoms with Gasteiger partial charge in [0.25, 0.3) is 5.91 Å². The summed E-state index contributed by atoms with van der Waals surface area (Å²) in [4.78, 5) is 19.6. The number of rotatable bonds is 4. The highest BCUT2D eigenvalue weighted by Gasteiger charge is 2.26. The second-order valence-corrected chi connectivity index (χ2v) is 9.00. The Morgan fingerprint density at radius 3 is 2.39 bits per heavy atom. The average molecular weight is 466 g/mol. The van der Waals surface area contributed by atoms with Gasteiger partial charge in [0.2, 0.25) is 0 Å². The van der Waals surface area contributed by atoms with E-state index in [1.54, 1.807) is 4.90 Å². The van der Waals surface area contributed by atoms with Gasteiger partial charge >= 0.3 is 0 Å². The number of phenols is 1. The minimum absolute atomic E-state index is 0.0960. The predicted octanol–water partition coefficient (Wildman–Crippen LogP) is 3.99. The summed E-state index contributed by atoms with van der Waals surface area (Å²) in [6.45, 7) is 6.15. The lowest BCUT2D eigenvalue weighted by Gasteiger charge is -2.36. The Labute approximate surface area is 198 Å². The molecule has 0 atom stereocenters. The van der Waals surface area contributed by atoms with Crippen LogP contribution in [0.25, 0.3) is 10.8 Å². The van der Waals surface area contributed by atoms with Crippen LogP contribution in [0.4, 0.5) is 5.69 Å². The van der Waals surface area contributed by atoms with E-state index in [2.05, 4.69) is 15.9 Å². The number of phenolic OH excluding ortho intramolecular Hbond substituents is 1. The molecule has 0 bridgehead atoms. The summed E-state index contributed by atoms with van der Waals surface area (Å²) in [5, 5.41) is 14.0. The molecule has 172 valence electrons. The maximum absolute atomic E-state index is 13.2. The van der Waals surface area contributed by atoms with Gasteiger partial charge in [0.05, 0.1) is 29.5 Å². The molecule has 0 unspecified atom stereocenters. The molecule has 0 aliphatic carbocycles. The summed E-state index contributed by atoms with van der Waals surface area (Å²) in [5.74, 6) is -0.0370. The van der Waals surface area contributed by atoms with Crippen molar-refractivity contribution in [3.05, 3.63) is 70.7 Å². The molecule has 0 spiro atoms. The monoisotopic (exact) mass is 465 g/mol. The molecule has 2 aliphatic rings. The Hall–Kier alpha value is -2.80. The summed E-state index contributed by atoms with van der Waals surface area (Å²) < 4.78 is 5.38. The first-order valence-electron chi connectivity index (χ1n) is 11.4. The molecule has 6 nitrogen and oxygen atoms in total. The van der Waals surface area contributed by atoms with E-state index in [9.17, 15) is 9.90 Å². The number of para-hydroxylation sites is 1. The second-order valence-electron chi connectivity index (χ2n) is 8.59. The van der Waals surface area contributed by atoms with Crippen molar-refractivity contribution in [2.75, 3.05) is 57.4 Å². The number of aromatic hydroxyl groups is 1. The number of carbonyl (C=O) groups excluding carboxylic acids is 1. The van der Waals surface area contributed by atoms with Crippen molar-refractivity contribution in [1.29, 1.82) is 0 Å². The number of halogens is 1. The van der Waals surface area contributed by atoms with Crippen LogP contribution in [0, 0.1) is 0 Å². The number of piperazine rings is 1. The van der Waals surface area contributed by atoms with Crippen LogP contribution < -0.4 is 4.90 Å². The minimum Gasteiger partial charge on any atom is -0.507 e. The summed E-state index contributed by atoms with van der Waals surface area (Å²) in [5.41, 5.74) is 2.25. The van der Waals surface area contributed by atoms with E-state index < -0.39 is 0 Å². The Kier molecular flexibility index (Phi) is 6.40. The topological polar surface area (TPSA) is 56.2 Å². The number of nitrogens with zero attached hydrogens (tertiary/aromatic N) is 3. The first kappa shape index (κ1) is 22.0. The van der Waals surface area contributed by atoms with Crippen LogP contribution in [-0.2, 0) is 11.3 Å². The van der Waals surface area contributed by atoms with E-state index in [-0.39, 0.29) is 11.7 Å². The predicted molar refractivity (Wildman–Crippen MR) is 131 cm³/mol. The van der Waals surface area contributed by atoms with Crippen molar-refractivity contribution < 1.29 is 14.6 Å². The van der Waals surface area contributed by atoms with Gasteiger partial charge in [0.1, 0.15) is 5.75 Å². The number of carbonyl (C=O) groups is 1. The smallest absolute Gasteiger partial charge is 0.257 e. The molecule has 3 aromatic rings. The summed E-state index contributed by atoms with van der Waals surface area (Å²) in [6.07, 6.45) is 0. The van der Waals surface area contributed by atoms with Gasteiger partial charge in [0, 0.05) is 51.4 Å². The highest BCUT2D eigenvalue weighted by Crippen LogP contribution is 2.34. The molecule has 33 heavy (non-hydrogen) atoms. The van der Waals surface area contributed by atoms with Crippen molar-refractivity contribution in [3.8, 4) is 5.75 Å². The van der Waals surface area contributed by atoms with E-state index in [0.29, 0.717) is 38.4 Å². The van der Waals surface area contributed by atoms with E-state index in [1.165, 1.54) is 0 Å². The van der Waals surface area contributed by atoms with Crippen LogP contribution in [0.3, 0.4) is 0 Å². The maximum atomic E-state index is 13.2. The van der Waals surface area contributed by atoms with Gasteiger partial charge < -0.3 is 19.6 Å². The first-order valence-corrected chi connectivity index (χ1v) is 11.8. The van der Waals surface area contributed by atoms with Crippen LogP contribution in [-0.4, -0.2) is 73.3 Å². The number of hydrogen-bond acceptors (Lipinski definition) is 5. The molecule has 1 N–H and O–H groups in total. The number of ether oxygens (including phenoxy) is 1. The summed E-state index contributed by atoms with van der Waals surface area (Å²) >= 11 is 6.39. The third-order valence-corrected chi connectivity index (χ3v) is 6.92. The normalized spacial score (nSPS) is 17.5. The van der Waals surface area contributed by atoms with E-state index in [1.807, 2.05) is 48.5 Å². The number of benzene rings is 3. The first-order chi connectivity index (χ1) is 16.1. The van der Waals surface area contributed by atoms with Gasteiger partial charge in [-0.05, 0) is 29.0 Å². The Morgan fingerprint density at radius 1 is 0.939 bits per heavy atom. The van der Waals surface area contributed by atoms with Gasteiger partial charge in [-0.2, -0.15) is 0 Å². The number of amides is 1. The number of hydrogen-bond donors (Lipinski definition) is 1. The third kappa shape index (κ3) is 4.51. The number of fused-ring (bicyclic) bond motifs is 1. The third-order valence-electron chi connectivity index (χ3n) is 6.60. The fourth-order valence-electron chi connectivity index (χ4n) is 4.75. The summed E-state index contributed by atoms with van der Waals surface area (Å²) in [6, 6.07) is 17.7. The van der Waals surface area contributed by atoms with Crippen LogP contribution in [0.1, 0.15) is 15.9 Å². The zero-order valence-electron chi connectivity index (χ0n) is 18.5. The number of morpholine rings is 1.